The summed E-state index contributed by atoms with van der Waals surface area (Å²) in [6.45, 7) is 6.27. The third-order valence-corrected chi connectivity index (χ3v) is 5.92. The third-order valence-electron chi connectivity index (χ3n) is 4.77. The molecule has 0 amide bonds. The minimum absolute atomic E-state index is 0.717. The standard InChI is InChI=1S/C20H23Br2NO2/c1-20(24,8-9-23-10-12-25-13-11-23)16-4-2-15(3-5-16)18-7-6-17(21)14-19(18)22/h2-7,14,24H,8-13H2,1H3. The summed E-state index contributed by atoms with van der Waals surface area (Å²) in [5, 5.41) is 10.9. The first kappa shape index (κ1) is 19.1. The third kappa shape index (κ3) is 4.92. The SMILES string of the molecule is CC(O)(CCN1CCOCC1)c1ccc(-c2ccc(Br)cc2Br)cc1. The Morgan fingerprint density at radius 3 is 2.40 bits per heavy atom. The largest absolute Gasteiger partial charge is 0.385 e. The van der Waals surface area contributed by atoms with Gasteiger partial charge in [-0.15, -0.1) is 0 Å². The molecule has 0 aliphatic carbocycles. The zero-order chi connectivity index (χ0) is 17.9. The molecule has 1 atom stereocenters. The molecule has 3 rings (SSSR count). The quantitative estimate of drug-likeness (QED) is 0.683. The van der Waals surface area contributed by atoms with Gasteiger partial charge >= 0.3 is 0 Å². The van der Waals surface area contributed by atoms with Gasteiger partial charge in [0.15, 0.2) is 0 Å². The van der Waals surface area contributed by atoms with Crippen LogP contribution in [0.3, 0.4) is 0 Å². The minimum atomic E-state index is -0.826. The summed E-state index contributed by atoms with van der Waals surface area (Å²) in [5.74, 6) is 0. The van der Waals surface area contributed by atoms with Crippen molar-refractivity contribution in [1.29, 1.82) is 0 Å². The number of halogens is 2. The zero-order valence-corrected chi connectivity index (χ0v) is 17.5. The lowest BCUT2D eigenvalue weighted by molar-refractivity contribution is 0.00549. The van der Waals surface area contributed by atoms with Crippen molar-refractivity contribution in [3.8, 4) is 11.1 Å². The van der Waals surface area contributed by atoms with Gasteiger partial charge in [-0.2, -0.15) is 0 Å². The van der Waals surface area contributed by atoms with Gasteiger partial charge in [-0.1, -0.05) is 62.2 Å². The van der Waals surface area contributed by atoms with Crippen LogP contribution >= 0.6 is 31.9 Å². The van der Waals surface area contributed by atoms with E-state index >= 15 is 0 Å². The number of hydrogen-bond acceptors (Lipinski definition) is 3. The van der Waals surface area contributed by atoms with Crippen molar-refractivity contribution < 1.29 is 9.84 Å². The molecule has 0 spiro atoms. The van der Waals surface area contributed by atoms with E-state index in [2.05, 4.69) is 55.0 Å². The van der Waals surface area contributed by atoms with Gasteiger partial charge in [-0.25, -0.2) is 0 Å². The van der Waals surface area contributed by atoms with Gasteiger partial charge in [-0.05, 0) is 42.2 Å². The van der Waals surface area contributed by atoms with Crippen LogP contribution in [-0.4, -0.2) is 42.9 Å². The first-order chi connectivity index (χ1) is 12.0. The number of hydrogen-bond donors (Lipinski definition) is 1. The molecule has 1 saturated heterocycles. The van der Waals surface area contributed by atoms with Crippen molar-refractivity contribution in [3.63, 3.8) is 0 Å². The summed E-state index contributed by atoms with van der Waals surface area (Å²) < 4.78 is 7.47. The van der Waals surface area contributed by atoms with Gasteiger partial charge in [0, 0.05) is 28.6 Å². The highest BCUT2D eigenvalue weighted by Crippen LogP contribution is 2.33. The number of ether oxygens (including phenoxy) is 1. The van der Waals surface area contributed by atoms with Crippen LogP contribution in [0.4, 0.5) is 0 Å². The molecule has 1 heterocycles. The first-order valence-electron chi connectivity index (χ1n) is 8.54. The van der Waals surface area contributed by atoms with E-state index < -0.39 is 5.60 Å². The van der Waals surface area contributed by atoms with E-state index in [0.717, 1.165) is 58.5 Å². The average Bonchev–Trinajstić information content (AvgIpc) is 2.61. The summed E-state index contributed by atoms with van der Waals surface area (Å²) in [6, 6.07) is 14.4. The summed E-state index contributed by atoms with van der Waals surface area (Å²) in [7, 11) is 0. The highest BCUT2D eigenvalue weighted by atomic mass is 79.9. The van der Waals surface area contributed by atoms with Gasteiger partial charge in [-0.3, -0.25) is 4.90 Å². The van der Waals surface area contributed by atoms with E-state index in [1.807, 2.05) is 31.2 Å². The molecule has 1 N–H and O–H groups in total. The maximum atomic E-state index is 10.9. The lowest BCUT2D eigenvalue weighted by Gasteiger charge is -2.31. The molecule has 0 bridgehead atoms. The van der Waals surface area contributed by atoms with Crippen molar-refractivity contribution in [1.82, 2.24) is 4.90 Å². The summed E-state index contributed by atoms with van der Waals surface area (Å²) in [4.78, 5) is 2.35. The fourth-order valence-electron chi connectivity index (χ4n) is 3.08. The molecule has 25 heavy (non-hydrogen) atoms. The molecule has 1 aliphatic heterocycles. The number of nitrogens with zero attached hydrogens (tertiary/aromatic N) is 1. The van der Waals surface area contributed by atoms with Gasteiger partial charge < -0.3 is 9.84 Å². The van der Waals surface area contributed by atoms with Crippen LogP contribution in [0.1, 0.15) is 18.9 Å². The second-order valence-corrected chi connectivity index (χ2v) is 8.45. The normalized spacial score (nSPS) is 18.1. The highest BCUT2D eigenvalue weighted by Gasteiger charge is 2.24. The molecular weight excluding hydrogens is 446 g/mol. The van der Waals surface area contributed by atoms with Gasteiger partial charge in [0.1, 0.15) is 0 Å². The summed E-state index contributed by atoms with van der Waals surface area (Å²) in [5.41, 5.74) is 2.40. The van der Waals surface area contributed by atoms with Crippen LogP contribution in [0.5, 0.6) is 0 Å². The Kier molecular flexibility index (Phi) is 6.34. The predicted molar refractivity (Wildman–Crippen MR) is 109 cm³/mol. The Hall–Kier alpha value is -0.720. The van der Waals surface area contributed by atoms with Crippen molar-refractivity contribution >= 4 is 31.9 Å². The van der Waals surface area contributed by atoms with Gasteiger partial charge in [0.25, 0.3) is 0 Å². The van der Waals surface area contributed by atoms with Crippen molar-refractivity contribution in [3.05, 3.63) is 57.0 Å². The Morgan fingerprint density at radius 1 is 1.08 bits per heavy atom. The Balaban J connectivity index is 1.69. The topological polar surface area (TPSA) is 32.7 Å². The lowest BCUT2D eigenvalue weighted by atomic mass is 9.90. The summed E-state index contributed by atoms with van der Waals surface area (Å²) >= 11 is 7.10. The van der Waals surface area contributed by atoms with Crippen LogP contribution in [0, 0.1) is 0 Å². The number of aliphatic hydroxyl groups is 1. The Morgan fingerprint density at radius 2 is 1.76 bits per heavy atom. The molecule has 0 radical (unpaired) electrons. The minimum Gasteiger partial charge on any atom is -0.385 e. The predicted octanol–water partition coefficient (Wildman–Crippen LogP) is 4.81. The van der Waals surface area contributed by atoms with E-state index in [1.54, 1.807) is 0 Å². The van der Waals surface area contributed by atoms with E-state index in [-0.39, 0.29) is 0 Å². The number of morpholine rings is 1. The van der Waals surface area contributed by atoms with Crippen molar-refractivity contribution in [2.24, 2.45) is 0 Å². The Labute approximate surface area is 166 Å². The Bertz CT molecular complexity index is 710. The summed E-state index contributed by atoms with van der Waals surface area (Å²) in [6.07, 6.45) is 0.717. The van der Waals surface area contributed by atoms with Gasteiger partial charge in [0.2, 0.25) is 0 Å². The first-order valence-corrected chi connectivity index (χ1v) is 10.1. The number of benzene rings is 2. The molecule has 3 nitrogen and oxygen atoms in total. The molecule has 134 valence electrons. The van der Waals surface area contributed by atoms with E-state index in [1.165, 1.54) is 0 Å². The second-order valence-electron chi connectivity index (χ2n) is 6.68. The molecule has 1 fully saturated rings. The molecule has 0 saturated carbocycles. The van der Waals surface area contributed by atoms with Crippen molar-refractivity contribution in [2.75, 3.05) is 32.8 Å². The maximum Gasteiger partial charge on any atom is 0.0880 e. The fraction of sp³-hybridized carbons (Fsp3) is 0.400. The van der Waals surface area contributed by atoms with Crippen LogP contribution < -0.4 is 0 Å². The van der Waals surface area contributed by atoms with E-state index in [0.29, 0.717) is 6.42 Å². The molecule has 1 unspecified atom stereocenters. The van der Waals surface area contributed by atoms with E-state index in [9.17, 15) is 5.11 Å². The van der Waals surface area contributed by atoms with E-state index in [4.69, 9.17) is 4.74 Å². The molecule has 1 aliphatic rings. The average molecular weight is 469 g/mol. The molecule has 5 heteroatoms. The maximum absolute atomic E-state index is 10.9. The molecule has 0 aromatic heterocycles. The smallest absolute Gasteiger partial charge is 0.0880 e. The number of rotatable bonds is 5. The van der Waals surface area contributed by atoms with Crippen LogP contribution in [0.25, 0.3) is 11.1 Å². The van der Waals surface area contributed by atoms with Crippen LogP contribution in [0.15, 0.2) is 51.4 Å². The van der Waals surface area contributed by atoms with Crippen LogP contribution in [-0.2, 0) is 10.3 Å². The van der Waals surface area contributed by atoms with Crippen LogP contribution in [0.2, 0.25) is 0 Å². The highest BCUT2D eigenvalue weighted by molar-refractivity contribution is 9.11. The molecule has 2 aromatic carbocycles. The van der Waals surface area contributed by atoms with Gasteiger partial charge in [0.05, 0.1) is 18.8 Å². The molecule has 2 aromatic rings. The van der Waals surface area contributed by atoms with Crippen molar-refractivity contribution in [2.45, 2.75) is 18.9 Å². The monoisotopic (exact) mass is 467 g/mol. The second kappa shape index (κ2) is 8.31. The lowest BCUT2D eigenvalue weighted by Crippen LogP contribution is -2.39. The fourth-order valence-corrected chi connectivity index (χ4v) is 4.35. The zero-order valence-electron chi connectivity index (χ0n) is 14.3. The molecular formula is C20H23Br2NO2.